The molecule has 66 valence electrons. The van der Waals surface area contributed by atoms with Gasteiger partial charge in [-0.3, -0.25) is 0 Å². The summed E-state index contributed by atoms with van der Waals surface area (Å²) >= 11 is 5.73. The summed E-state index contributed by atoms with van der Waals surface area (Å²) < 4.78 is 5.02. The van der Waals surface area contributed by atoms with Crippen molar-refractivity contribution in [3.63, 3.8) is 0 Å². The maximum Gasteiger partial charge on any atom is 0.241 e. The van der Waals surface area contributed by atoms with E-state index in [0.717, 1.165) is 10.8 Å². The highest BCUT2D eigenvalue weighted by atomic mass is 35.5. The van der Waals surface area contributed by atoms with E-state index >= 15 is 0 Å². The molecular weight excluding hydrogens is 190 g/mol. The number of nitrogens with zero attached hydrogens (tertiary/aromatic N) is 3. The minimum Gasteiger partial charge on any atom is -0.479 e. The molecule has 0 spiro atoms. The van der Waals surface area contributed by atoms with Crippen LogP contribution in [0.3, 0.4) is 0 Å². The van der Waals surface area contributed by atoms with Gasteiger partial charge in [0.1, 0.15) is 5.15 Å². The van der Waals surface area contributed by atoms with Gasteiger partial charge in [0.2, 0.25) is 5.88 Å². The molecule has 0 aliphatic heterocycles. The van der Waals surface area contributed by atoms with Crippen LogP contribution in [-0.4, -0.2) is 22.3 Å². The SMILES string of the molecule is COc1nncc2cnc(Cl)cc12. The van der Waals surface area contributed by atoms with Crippen molar-refractivity contribution in [1.29, 1.82) is 0 Å². The Labute approximate surface area is 79.5 Å². The minimum atomic E-state index is 0.416. The summed E-state index contributed by atoms with van der Waals surface area (Å²) in [4.78, 5) is 3.92. The molecule has 5 heteroatoms. The van der Waals surface area contributed by atoms with Crippen LogP contribution < -0.4 is 4.74 Å². The summed E-state index contributed by atoms with van der Waals surface area (Å²) in [6.07, 6.45) is 3.25. The number of rotatable bonds is 1. The van der Waals surface area contributed by atoms with Gasteiger partial charge in [0, 0.05) is 11.6 Å². The second-order valence-electron chi connectivity index (χ2n) is 2.45. The summed E-state index contributed by atoms with van der Waals surface area (Å²) in [7, 11) is 1.54. The van der Waals surface area contributed by atoms with Crippen molar-refractivity contribution in [2.24, 2.45) is 0 Å². The van der Waals surface area contributed by atoms with Crippen molar-refractivity contribution < 1.29 is 4.74 Å². The van der Waals surface area contributed by atoms with E-state index < -0.39 is 0 Å². The van der Waals surface area contributed by atoms with Crippen LogP contribution in [-0.2, 0) is 0 Å². The number of halogens is 1. The van der Waals surface area contributed by atoms with Crippen LogP contribution in [0.4, 0.5) is 0 Å². The smallest absolute Gasteiger partial charge is 0.241 e. The number of pyridine rings is 1. The molecule has 0 aromatic carbocycles. The first kappa shape index (κ1) is 8.19. The lowest BCUT2D eigenvalue weighted by Crippen LogP contribution is -1.91. The second-order valence-corrected chi connectivity index (χ2v) is 2.84. The standard InChI is InChI=1S/C8H6ClN3O/c1-13-8-6-2-7(9)10-3-5(6)4-11-12-8/h2-4H,1H3. The van der Waals surface area contributed by atoms with Crippen molar-refractivity contribution in [1.82, 2.24) is 15.2 Å². The summed E-state index contributed by atoms with van der Waals surface area (Å²) in [6.45, 7) is 0. The average Bonchev–Trinajstić information content (AvgIpc) is 2.17. The Bertz CT molecular complexity index is 446. The average molecular weight is 196 g/mol. The van der Waals surface area contributed by atoms with Crippen LogP contribution in [0, 0.1) is 0 Å². The molecule has 2 rings (SSSR count). The Hall–Kier alpha value is -1.42. The molecule has 0 saturated heterocycles. The van der Waals surface area contributed by atoms with Crippen LogP contribution in [0.5, 0.6) is 5.88 Å². The molecule has 0 aliphatic rings. The first-order valence-corrected chi connectivity index (χ1v) is 4.00. The topological polar surface area (TPSA) is 47.9 Å². The van der Waals surface area contributed by atoms with E-state index in [9.17, 15) is 0 Å². The van der Waals surface area contributed by atoms with E-state index in [0.29, 0.717) is 11.0 Å². The summed E-state index contributed by atoms with van der Waals surface area (Å²) in [5.74, 6) is 0.460. The molecule has 0 unspecified atom stereocenters. The molecule has 0 amide bonds. The molecule has 0 saturated carbocycles. The monoisotopic (exact) mass is 195 g/mol. The van der Waals surface area contributed by atoms with Gasteiger partial charge in [-0.1, -0.05) is 11.6 Å². The van der Waals surface area contributed by atoms with Gasteiger partial charge in [0.05, 0.1) is 18.7 Å². The highest BCUT2D eigenvalue weighted by Crippen LogP contribution is 2.22. The van der Waals surface area contributed by atoms with Crippen LogP contribution in [0.1, 0.15) is 0 Å². The lowest BCUT2D eigenvalue weighted by molar-refractivity contribution is 0.398. The largest absolute Gasteiger partial charge is 0.479 e. The first-order valence-electron chi connectivity index (χ1n) is 3.62. The zero-order valence-corrected chi connectivity index (χ0v) is 7.62. The minimum absolute atomic E-state index is 0.416. The Kier molecular flexibility index (Phi) is 1.98. The summed E-state index contributed by atoms with van der Waals surface area (Å²) in [5, 5.41) is 9.65. The lowest BCUT2D eigenvalue weighted by atomic mass is 10.2. The van der Waals surface area contributed by atoms with E-state index in [-0.39, 0.29) is 0 Å². The van der Waals surface area contributed by atoms with Crippen LogP contribution >= 0.6 is 11.6 Å². The molecule has 0 fully saturated rings. The molecule has 4 nitrogen and oxygen atoms in total. The molecule has 2 aromatic rings. The lowest BCUT2D eigenvalue weighted by Gasteiger charge is -2.01. The number of methoxy groups -OCH3 is 1. The molecular formula is C8H6ClN3O. The maximum atomic E-state index is 5.73. The number of fused-ring (bicyclic) bond motifs is 1. The van der Waals surface area contributed by atoms with Gasteiger partial charge < -0.3 is 4.74 Å². The van der Waals surface area contributed by atoms with Gasteiger partial charge in [0.15, 0.2) is 0 Å². The van der Waals surface area contributed by atoms with E-state index in [2.05, 4.69) is 15.2 Å². The number of hydrogen-bond acceptors (Lipinski definition) is 4. The normalized spacial score (nSPS) is 10.3. The van der Waals surface area contributed by atoms with Crippen molar-refractivity contribution in [2.75, 3.05) is 7.11 Å². The Balaban J connectivity index is 2.79. The van der Waals surface area contributed by atoms with Crippen LogP contribution in [0.25, 0.3) is 10.8 Å². The third kappa shape index (κ3) is 1.40. The van der Waals surface area contributed by atoms with Crippen molar-refractivity contribution in [3.8, 4) is 5.88 Å². The molecule has 0 bridgehead atoms. The molecule has 0 radical (unpaired) electrons. The fourth-order valence-electron chi connectivity index (χ4n) is 1.08. The summed E-state index contributed by atoms with van der Waals surface area (Å²) in [6, 6.07) is 1.70. The van der Waals surface area contributed by atoms with Crippen molar-refractivity contribution in [2.45, 2.75) is 0 Å². The van der Waals surface area contributed by atoms with E-state index in [1.165, 1.54) is 7.11 Å². The number of aromatic nitrogens is 3. The third-order valence-electron chi connectivity index (χ3n) is 1.67. The van der Waals surface area contributed by atoms with E-state index in [1.807, 2.05) is 0 Å². The van der Waals surface area contributed by atoms with Gasteiger partial charge in [-0.2, -0.15) is 5.10 Å². The maximum absolute atomic E-state index is 5.73. The zero-order valence-electron chi connectivity index (χ0n) is 6.86. The molecule has 0 aliphatic carbocycles. The molecule has 0 N–H and O–H groups in total. The fraction of sp³-hybridized carbons (Fsp3) is 0.125. The molecule has 0 atom stereocenters. The van der Waals surface area contributed by atoms with Gasteiger partial charge in [-0.05, 0) is 6.07 Å². The fourth-order valence-corrected chi connectivity index (χ4v) is 1.23. The Morgan fingerprint density at radius 1 is 1.38 bits per heavy atom. The van der Waals surface area contributed by atoms with Gasteiger partial charge >= 0.3 is 0 Å². The summed E-state index contributed by atoms with van der Waals surface area (Å²) in [5.41, 5.74) is 0. The predicted octanol–water partition coefficient (Wildman–Crippen LogP) is 1.69. The highest BCUT2D eigenvalue weighted by molar-refractivity contribution is 6.30. The number of hydrogen-bond donors (Lipinski definition) is 0. The van der Waals surface area contributed by atoms with Crippen molar-refractivity contribution >= 4 is 22.4 Å². The van der Waals surface area contributed by atoms with Crippen molar-refractivity contribution in [3.05, 3.63) is 23.6 Å². The predicted molar refractivity (Wildman–Crippen MR) is 48.9 cm³/mol. The number of ether oxygens (including phenoxy) is 1. The van der Waals surface area contributed by atoms with Crippen LogP contribution in [0.2, 0.25) is 5.15 Å². The zero-order chi connectivity index (χ0) is 9.26. The van der Waals surface area contributed by atoms with E-state index in [1.54, 1.807) is 18.5 Å². The first-order chi connectivity index (χ1) is 6.31. The Morgan fingerprint density at radius 3 is 3.00 bits per heavy atom. The molecule has 13 heavy (non-hydrogen) atoms. The third-order valence-corrected chi connectivity index (χ3v) is 1.88. The highest BCUT2D eigenvalue weighted by Gasteiger charge is 2.03. The molecule has 2 heterocycles. The van der Waals surface area contributed by atoms with Gasteiger partial charge in [-0.15, -0.1) is 5.10 Å². The Morgan fingerprint density at radius 2 is 2.23 bits per heavy atom. The second kappa shape index (κ2) is 3.14. The van der Waals surface area contributed by atoms with Crippen LogP contribution in [0.15, 0.2) is 18.5 Å². The van der Waals surface area contributed by atoms with E-state index in [4.69, 9.17) is 16.3 Å². The van der Waals surface area contributed by atoms with Gasteiger partial charge in [0.25, 0.3) is 0 Å². The quantitative estimate of drug-likeness (QED) is 0.650. The van der Waals surface area contributed by atoms with Gasteiger partial charge in [-0.25, -0.2) is 4.98 Å². The molecule has 2 aromatic heterocycles.